The van der Waals surface area contributed by atoms with E-state index < -0.39 is 0 Å². The molecule has 3 aromatic rings. The number of nitrogens with two attached hydrogens (primary N) is 2. The van der Waals surface area contributed by atoms with Gasteiger partial charge in [-0.15, -0.1) is 0 Å². The van der Waals surface area contributed by atoms with Crippen molar-refractivity contribution in [2.75, 3.05) is 23.7 Å². The molecule has 32 heavy (non-hydrogen) atoms. The third kappa shape index (κ3) is 3.56. The van der Waals surface area contributed by atoms with Crippen molar-refractivity contribution in [1.82, 2.24) is 15.0 Å². The Hall–Kier alpha value is -2.86. The molecule has 1 saturated heterocycles. The quantitative estimate of drug-likeness (QED) is 0.598. The largest absolute Gasteiger partial charge is 0.382 e. The van der Waals surface area contributed by atoms with Crippen LogP contribution in [0.15, 0.2) is 52.6 Å². The van der Waals surface area contributed by atoms with E-state index in [2.05, 4.69) is 50.2 Å². The van der Waals surface area contributed by atoms with Gasteiger partial charge < -0.3 is 16.4 Å². The second-order valence-electron chi connectivity index (χ2n) is 8.31. The summed E-state index contributed by atoms with van der Waals surface area (Å²) < 4.78 is 0. The minimum Gasteiger partial charge on any atom is -0.382 e. The Kier molecular flexibility index (Phi) is 5.41. The zero-order chi connectivity index (χ0) is 22.3. The molecule has 0 saturated carbocycles. The maximum Gasteiger partial charge on any atom is 0.184 e. The molecule has 1 aliphatic heterocycles. The highest BCUT2D eigenvalue weighted by atomic mass is 35.5. The third-order valence-corrected chi connectivity index (χ3v) is 8.06. The molecule has 0 unspecified atom stereocenters. The normalized spacial score (nSPS) is 19.0. The Morgan fingerprint density at radius 3 is 2.72 bits per heavy atom. The van der Waals surface area contributed by atoms with Crippen LogP contribution in [0.25, 0.3) is 0 Å². The maximum absolute atomic E-state index is 9.74. The molecule has 2 aliphatic rings. The lowest BCUT2D eigenvalue weighted by Crippen LogP contribution is -2.44. The molecule has 0 bridgehead atoms. The van der Waals surface area contributed by atoms with E-state index >= 15 is 0 Å². The highest BCUT2D eigenvalue weighted by molar-refractivity contribution is 7.99. The lowest BCUT2D eigenvalue weighted by Gasteiger charge is -2.42. The van der Waals surface area contributed by atoms with E-state index in [9.17, 15) is 5.26 Å². The summed E-state index contributed by atoms with van der Waals surface area (Å²) >= 11 is 7.54. The first-order chi connectivity index (χ1) is 15.5. The highest BCUT2D eigenvalue weighted by Crippen LogP contribution is 2.51. The molecule has 1 atom stereocenters. The van der Waals surface area contributed by atoms with Crippen LogP contribution < -0.4 is 16.4 Å². The van der Waals surface area contributed by atoms with Gasteiger partial charge >= 0.3 is 0 Å². The number of nitrogen functional groups attached to an aromatic ring is 1. The van der Waals surface area contributed by atoms with Crippen LogP contribution in [0.1, 0.15) is 35.7 Å². The molecule has 162 valence electrons. The number of hydrogen-bond acceptors (Lipinski definition) is 8. The average Bonchev–Trinajstić information content (AvgIpc) is 3.09. The van der Waals surface area contributed by atoms with Gasteiger partial charge in [0.25, 0.3) is 0 Å². The van der Waals surface area contributed by atoms with Crippen LogP contribution in [0.4, 0.5) is 11.6 Å². The molecule has 7 nitrogen and oxygen atoms in total. The van der Waals surface area contributed by atoms with Crippen molar-refractivity contribution in [3.63, 3.8) is 0 Å². The predicted molar refractivity (Wildman–Crippen MR) is 125 cm³/mol. The van der Waals surface area contributed by atoms with Gasteiger partial charge in [-0.1, -0.05) is 47.6 Å². The van der Waals surface area contributed by atoms with Crippen molar-refractivity contribution in [1.29, 1.82) is 5.26 Å². The van der Waals surface area contributed by atoms with Gasteiger partial charge in [0, 0.05) is 30.2 Å². The fourth-order valence-corrected chi connectivity index (χ4v) is 5.84. The lowest BCUT2D eigenvalue weighted by atomic mass is 9.73. The second kappa shape index (κ2) is 8.24. The maximum atomic E-state index is 9.74. The van der Waals surface area contributed by atoms with Crippen LogP contribution in [0, 0.1) is 16.7 Å². The van der Waals surface area contributed by atoms with E-state index in [1.807, 2.05) is 0 Å². The molecule has 4 N–H and O–H groups in total. The molecule has 9 heteroatoms. The standard InChI is InChI=1S/C23H22ClN7S/c24-19-17(5-8-28-21(19)27)32-18-13-29-22(16(12-25)30-18)31-9-6-23(7-10-31)11-14-3-1-2-4-15(14)20(23)26/h1-5,8,13,20H,6-7,9-11,26H2,(H2,27,28)/t20-/m1/s1. The molecule has 1 spiro atoms. The van der Waals surface area contributed by atoms with Crippen molar-refractivity contribution in [3.05, 3.63) is 64.6 Å². The minimum atomic E-state index is 0.0543. The molecule has 1 fully saturated rings. The van der Waals surface area contributed by atoms with Crippen molar-refractivity contribution in [2.24, 2.45) is 11.1 Å². The summed E-state index contributed by atoms with van der Waals surface area (Å²) in [6.45, 7) is 1.59. The number of halogens is 1. The lowest BCUT2D eigenvalue weighted by molar-refractivity contribution is 0.187. The summed E-state index contributed by atoms with van der Waals surface area (Å²) in [7, 11) is 0. The van der Waals surface area contributed by atoms with E-state index in [4.69, 9.17) is 23.1 Å². The van der Waals surface area contributed by atoms with Crippen LogP contribution in [0.2, 0.25) is 5.02 Å². The topological polar surface area (TPSA) is 118 Å². The number of piperidine rings is 1. The molecule has 1 aromatic carbocycles. The number of pyridine rings is 1. The van der Waals surface area contributed by atoms with Crippen LogP contribution in [-0.2, 0) is 6.42 Å². The van der Waals surface area contributed by atoms with E-state index in [1.54, 1.807) is 18.5 Å². The fraction of sp³-hybridized carbons (Fsp3) is 0.304. The van der Waals surface area contributed by atoms with Gasteiger partial charge in [0.05, 0.1) is 11.2 Å². The van der Waals surface area contributed by atoms with Gasteiger partial charge in [0.2, 0.25) is 0 Å². The summed E-state index contributed by atoms with van der Waals surface area (Å²) in [5.41, 5.74) is 15.5. The van der Waals surface area contributed by atoms with Crippen LogP contribution in [0.5, 0.6) is 0 Å². The van der Waals surface area contributed by atoms with Crippen LogP contribution >= 0.6 is 23.4 Å². The van der Waals surface area contributed by atoms with Gasteiger partial charge in [-0.3, -0.25) is 0 Å². The monoisotopic (exact) mass is 463 g/mol. The number of aromatic nitrogens is 3. The summed E-state index contributed by atoms with van der Waals surface area (Å²) in [6, 6.07) is 12.5. The Morgan fingerprint density at radius 1 is 1.19 bits per heavy atom. The van der Waals surface area contributed by atoms with Gasteiger partial charge in [0.15, 0.2) is 11.5 Å². The molecule has 0 radical (unpaired) electrons. The Morgan fingerprint density at radius 2 is 1.97 bits per heavy atom. The molecule has 3 heterocycles. The summed E-state index contributed by atoms with van der Waals surface area (Å²) in [4.78, 5) is 16.0. The van der Waals surface area contributed by atoms with Crippen LogP contribution in [-0.4, -0.2) is 28.0 Å². The SMILES string of the molecule is N#Cc1nc(Sc2ccnc(N)c2Cl)cnc1N1CCC2(CC1)Cc1ccccc1[C@H]2N. The molecule has 2 aromatic heterocycles. The zero-order valence-corrected chi connectivity index (χ0v) is 18.9. The van der Waals surface area contributed by atoms with E-state index in [0.29, 0.717) is 21.6 Å². The first-order valence-electron chi connectivity index (χ1n) is 10.4. The number of benzene rings is 1. The molecule has 1 aliphatic carbocycles. The van der Waals surface area contributed by atoms with Gasteiger partial charge in [-0.05, 0) is 41.9 Å². The minimum absolute atomic E-state index is 0.0543. The smallest absolute Gasteiger partial charge is 0.184 e. The summed E-state index contributed by atoms with van der Waals surface area (Å²) in [6.07, 6.45) is 6.19. The van der Waals surface area contributed by atoms with Gasteiger partial charge in [0.1, 0.15) is 16.9 Å². The highest BCUT2D eigenvalue weighted by Gasteiger charge is 2.46. The first-order valence-corrected chi connectivity index (χ1v) is 11.6. The first kappa shape index (κ1) is 21.0. The number of fused-ring (bicyclic) bond motifs is 1. The van der Waals surface area contributed by atoms with E-state index in [0.717, 1.165) is 37.2 Å². The van der Waals surface area contributed by atoms with Crippen LogP contribution in [0.3, 0.4) is 0 Å². The summed E-state index contributed by atoms with van der Waals surface area (Å²) in [5, 5.41) is 10.7. The van der Waals surface area contributed by atoms with Gasteiger partial charge in [-0.2, -0.15) is 5.26 Å². The molecular weight excluding hydrogens is 442 g/mol. The van der Waals surface area contributed by atoms with E-state index in [-0.39, 0.29) is 17.3 Å². The van der Waals surface area contributed by atoms with Crippen molar-refractivity contribution < 1.29 is 0 Å². The van der Waals surface area contributed by atoms with Crippen molar-refractivity contribution in [3.8, 4) is 6.07 Å². The Balaban J connectivity index is 1.33. The van der Waals surface area contributed by atoms with E-state index in [1.165, 1.54) is 22.9 Å². The number of nitriles is 1. The van der Waals surface area contributed by atoms with Gasteiger partial charge in [-0.25, -0.2) is 15.0 Å². The average molecular weight is 464 g/mol. The second-order valence-corrected chi connectivity index (χ2v) is 9.75. The third-order valence-electron chi connectivity index (χ3n) is 6.58. The number of rotatable bonds is 3. The fourth-order valence-electron chi connectivity index (χ4n) is 4.82. The Labute approximate surface area is 195 Å². The zero-order valence-electron chi connectivity index (χ0n) is 17.3. The van der Waals surface area contributed by atoms with Crippen molar-refractivity contribution >= 4 is 35.0 Å². The number of nitrogens with zero attached hydrogens (tertiary/aromatic N) is 5. The molecule has 5 rings (SSSR count). The number of hydrogen-bond donors (Lipinski definition) is 2. The summed E-state index contributed by atoms with van der Waals surface area (Å²) in [5.74, 6) is 0.882. The van der Waals surface area contributed by atoms with Crippen molar-refractivity contribution in [2.45, 2.75) is 35.2 Å². The number of anilines is 2. The predicted octanol–water partition coefficient (Wildman–Crippen LogP) is 3.97. The molecular formula is C23H22ClN7S. The molecule has 0 amide bonds. The Bertz CT molecular complexity index is 1220.